The second kappa shape index (κ2) is 11.0. The predicted octanol–water partition coefficient (Wildman–Crippen LogP) is 8.69. The summed E-state index contributed by atoms with van der Waals surface area (Å²) in [5, 5.41) is 13.2. The minimum absolute atomic E-state index is 0.280. The molecule has 1 aliphatic carbocycles. The van der Waals surface area contributed by atoms with Gasteiger partial charge in [0.05, 0.1) is 17.5 Å². The topological polar surface area (TPSA) is 35.0 Å². The zero-order chi connectivity index (χ0) is 28.6. The number of aromatic nitrogens is 2. The second-order valence-electron chi connectivity index (χ2n) is 12.0. The summed E-state index contributed by atoms with van der Waals surface area (Å²) >= 11 is 6.93. The summed E-state index contributed by atoms with van der Waals surface area (Å²) in [6, 6.07) is 29.7. The van der Waals surface area contributed by atoms with Crippen LogP contribution in [0.25, 0.3) is 21.9 Å². The van der Waals surface area contributed by atoms with Crippen molar-refractivity contribution >= 4 is 41.1 Å². The average Bonchev–Trinajstić information content (AvgIpc) is 3.51. The molecule has 5 aromatic rings. The van der Waals surface area contributed by atoms with E-state index in [-0.39, 0.29) is 10.9 Å². The van der Waals surface area contributed by atoms with Crippen molar-refractivity contribution in [3.63, 3.8) is 0 Å². The summed E-state index contributed by atoms with van der Waals surface area (Å²) < 4.78 is 23.4. The Morgan fingerprint density at radius 1 is 0.854 bits per heavy atom. The summed E-state index contributed by atoms with van der Waals surface area (Å²) in [6.45, 7) is 6.65. The van der Waals surface area contributed by atoms with E-state index in [0.717, 1.165) is 39.7 Å². The molecule has 6 heteroatoms. The number of benzene rings is 4. The van der Waals surface area contributed by atoms with Gasteiger partial charge in [0.15, 0.2) is 0 Å². The molecule has 1 saturated carbocycles. The lowest BCUT2D eigenvalue weighted by Crippen LogP contribution is -2.68. The maximum absolute atomic E-state index is 16.0. The first kappa shape index (κ1) is 27.6. The molecule has 1 aliphatic rings. The molecule has 1 aromatic heterocycles. The van der Waals surface area contributed by atoms with E-state index in [1.165, 1.54) is 18.9 Å². The van der Waals surface area contributed by atoms with Gasteiger partial charge in [0, 0.05) is 27.3 Å². The van der Waals surface area contributed by atoms with Crippen LogP contribution in [0.2, 0.25) is 10.1 Å². The summed E-state index contributed by atoms with van der Waals surface area (Å²) in [5.74, 6) is 0.477. The molecule has 3 nitrogen and oxygen atoms in total. The van der Waals surface area contributed by atoms with Crippen molar-refractivity contribution in [1.29, 1.82) is 0 Å². The molecule has 41 heavy (non-hydrogen) atoms. The highest BCUT2D eigenvalue weighted by Gasteiger charge is 2.52. The van der Waals surface area contributed by atoms with Gasteiger partial charge in [-0.25, -0.2) is 4.39 Å². The minimum atomic E-state index is -3.01. The number of fused-ring (bicyclic) bond motifs is 1. The Hall–Kier alpha value is -3.54. The van der Waals surface area contributed by atoms with Gasteiger partial charge in [-0.2, -0.15) is 10.2 Å². The van der Waals surface area contributed by atoms with Gasteiger partial charge in [0.1, 0.15) is 11.6 Å². The van der Waals surface area contributed by atoms with Gasteiger partial charge < -0.3 is 4.43 Å². The van der Waals surface area contributed by atoms with Gasteiger partial charge >= 0.3 is 8.32 Å². The Morgan fingerprint density at radius 2 is 1.49 bits per heavy atom. The lowest BCUT2D eigenvalue weighted by atomic mass is 9.95. The summed E-state index contributed by atoms with van der Waals surface area (Å²) in [5.41, 5.74) is 1.96. The molecule has 1 heterocycles. The third kappa shape index (κ3) is 4.96. The maximum Gasteiger partial charge on any atom is 0.319 e. The molecule has 0 radical (unpaired) electrons. The van der Waals surface area contributed by atoms with Crippen LogP contribution < -0.4 is 14.8 Å². The molecule has 0 aliphatic heterocycles. The number of halogens is 2. The third-order valence-electron chi connectivity index (χ3n) is 8.44. The molecule has 6 rings (SSSR count). The first-order chi connectivity index (χ1) is 19.8. The quantitative estimate of drug-likeness (QED) is 0.188. The zero-order valence-corrected chi connectivity index (χ0v) is 25.5. The summed E-state index contributed by atoms with van der Waals surface area (Å²) in [4.78, 5) is 0. The summed E-state index contributed by atoms with van der Waals surface area (Å²) in [7, 11) is -3.01. The molecule has 0 atom stereocenters. The van der Waals surface area contributed by atoms with E-state index in [1.807, 2.05) is 54.6 Å². The minimum Gasteiger partial charge on any atom is -0.533 e. The van der Waals surface area contributed by atoms with Crippen LogP contribution >= 0.6 is 11.6 Å². The van der Waals surface area contributed by atoms with Gasteiger partial charge in [0.25, 0.3) is 0 Å². The summed E-state index contributed by atoms with van der Waals surface area (Å²) in [6.07, 6.45) is 6.30. The Balaban J connectivity index is 1.58. The standard InChI is InChI=1S/C35H34ClFN2OSi/c1-35(2,3)41(26-15-6-4-7-16-26,27-17-8-5-9-18-27)40-32-20-12-19-31(37)33(32)29-22-28-25(21-30(29)36)23-38-39-34(28)24-13-10-11-14-24/h4-9,12,15-24H,10-11,13-14H2,1-3H3. The van der Waals surface area contributed by atoms with Gasteiger partial charge in [-0.1, -0.05) is 112 Å². The fourth-order valence-corrected chi connectivity index (χ4v) is 11.2. The molecule has 0 spiro atoms. The monoisotopic (exact) mass is 580 g/mol. The fraction of sp³-hybridized carbons (Fsp3) is 0.257. The largest absolute Gasteiger partial charge is 0.533 e. The van der Waals surface area contributed by atoms with E-state index in [9.17, 15) is 0 Å². The molecule has 0 unspecified atom stereocenters. The number of hydrogen-bond acceptors (Lipinski definition) is 3. The Morgan fingerprint density at radius 3 is 2.10 bits per heavy atom. The van der Waals surface area contributed by atoms with Crippen LogP contribution in [0.15, 0.2) is 97.2 Å². The van der Waals surface area contributed by atoms with Crippen molar-refractivity contribution in [3.8, 4) is 16.9 Å². The predicted molar refractivity (Wildman–Crippen MR) is 169 cm³/mol. The molecule has 0 bridgehead atoms. The normalized spacial score (nSPS) is 14.5. The highest BCUT2D eigenvalue weighted by atomic mass is 35.5. The SMILES string of the molecule is CC(C)(C)[Si](Oc1cccc(F)c1-c1cc2c(C3CCCC3)nncc2cc1Cl)(c1ccccc1)c1ccccc1. The van der Waals surface area contributed by atoms with Crippen molar-refractivity contribution in [2.75, 3.05) is 0 Å². The zero-order valence-electron chi connectivity index (χ0n) is 23.7. The van der Waals surface area contributed by atoms with Crippen molar-refractivity contribution in [3.05, 3.63) is 114 Å². The van der Waals surface area contributed by atoms with Gasteiger partial charge in [-0.15, -0.1) is 0 Å². The second-order valence-corrected chi connectivity index (χ2v) is 16.6. The number of hydrogen-bond donors (Lipinski definition) is 0. The van der Waals surface area contributed by atoms with Gasteiger partial charge in [0.2, 0.25) is 0 Å². The van der Waals surface area contributed by atoms with Crippen LogP contribution in [-0.2, 0) is 0 Å². The van der Waals surface area contributed by atoms with Crippen molar-refractivity contribution in [2.45, 2.75) is 57.4 Å². The Bertz CT molecular complexity index is 1640. The molecule has 0 amide bonds. The highest BCUT2D eigenvalue weighted by Crippen LogP contribution is 2.45. The molecule has 1 fully saturated rings. The van der Waals surface area contributed by atoms with Crippen molar-refractivity contribution in [2.24, 2.45) is 0 Å². The van der Waals surface area contributed by atoms with Gasteiger partial charge in [-0.3, -0.25) is 0 Å². The molecular formula is C35H34ClFN2OSi. The molecular weight excluding hydrogens is 547 g/mol. The van der Waals surface area contributed by atoms with Crippen LogP contribution in [0.3, 0.4) is 0 Å². The van der Waals surface area contributed by atoms with E-state index in [4.69, 9.17) is 16.0 Å². The van der Waals surface area contributed by atoms with E-state index in [1.54, 1.807) is 12.3 Å². The van der Waals surface area contributed by atoms with Crippen LogP contribution in [0.5, 0.6) is 5.75 Å². The molecule has 0 saturated heterocycles. The van der Waals surface area contributed by atoms with E-state index in [0.29, 0.717) is 27.8 Å². The first-order valence-electron chi connectivity index (χ1n) is 14.3. The lowest BCUT2D eigenvalue weighted by Gasteiger charge is -2.43. The van der Waals surface area contributed by atoms with Crippen molar-refractivity contribution in [1.82, 2.24) is 10.2 Å². The third-order valence-corrected chi connectivity index (χ3v) is 13.7. The van der Waals surface area contributed by atoms with Crippen LogP contribution in [0.4, 0.5) is 4.39 Å². The van der Waals surface area contributed by atoms with Crippen LogP contribution in [0.1, 0.15) is 58.1 Å². The van der Waals surface area contributed by atoms with E-state index in [2.05, 4.69) is 55.2 Å². The maximum atomic E-state index is 16.0. The van der Waals surface area contributed by atoms with Crippen LogP contribution in [0, 0.1) is 5.82 Å². The fourth-order valence-electron chi connectivity index (χ4n) is 6.48. The van der Waals surface area contributed by atoms with Crippen molar-refractivity contribution < 1.29 is 8.82 Å². The highest BCUT2D eigenvalue weighted by molar-refractivity contribution is 7.00. The molecule has 0 N–H and O–H groups in total. The Labute approximate surface area is 247 Å². The number of rotatable bonds is 6. The smallest absolute Gasteiger partial charge is 0.319 e. The van der Waals surface area contributed by atoms with Crippen LogP contribution in [-0.4, -0.2) is 18.5 Å². The Kier molecular flexibility index (Phi) is 7.43. The molecule has 208 valence electrons. The lowest BCUT2D eigenvalue weighted by molar-refractivity contribution is 0.504. The average molecular weight is 581 g/mol. The van der Waals surface area contributed by atoms with E-state index >= 15 is 4.39 Å². The van der Waals surface area contributed by atoms with Gasteiger partial charge in [-0.05, 0) is 52.5 Å². The first-order valence-corrected chi connectivity index (χ1v) is 16.6. The molecule has 4 aromatic carbocycles. The van der Waals surface area contributed by atoms with E-state index < -0.39 is 8.32 Å². The number of nitrogens with zero attached hydrogens (tertiary/aromatic N) is 2.